The summed E-state index contributed by atoms with van der Waals surface area (Å²) in [6, 6.07) is 16.0. The molecule has 1 atom stereocenters. The second-order valence-electron chi connectivity index (χ2n) is 7.36. The van der Waals surface area contributed by atoms with Crippen LogP contribution in [0.3, 0.4) is 0 Å². The maximum absolute atomic E-state index is 13.3. The number of anilines is 1. The number of nitrogens with zero attached hydrogens (tertiary/aromatic N) is 2. The average molecular weight is 481 g/mol. The van der Waals surface area contributed by atoms with E-state index < -0.39 is 21.9 Å². The Bertz CT molecular complexity index is 1310. The highest BCUT2D eigenvalue weighted by Crippen LogP contribution is 2.33. The molecule has 0 aliphatic carbocycles. The Hall–Kier alpha value is -2.32. The maximum Gasteiger partial charge on any atom is 0.232 e. The van der Waals surface area contributed by atoms with Gasteiger partial charge in [0, 0.05) is 31.9 Å². The molecule has 0 amide bonds. The van der Waals surface area contributed by atoms with Gasteiger partial charge in [0.25, 0.3) is 0 Å². The molecule has 0 fully saturated rings. The predicted octanol–water partition coefficient (Wildman–Crippen LogP) is 5.07. The Balaban J connectivity index is 1.72. The standard InChI is InChI=1S/C22H19Cl2FN2O3S/c1-31(29,30)27(17-6-4-16(25)5-7-17)13-18(28)12-26-21-8-2-14(23)10-19(21)20-11-15(24)3-9-22(20)26/h2-11,18,28H,12-13H2,1H3/t18-/m1/s1. The number of aromatic nitrogens is 1. The van der Waals surface area contributed by atoms with Crippen LogP contribution in [-0.2, 0) is 16.6 Å². The number of aliphatic hydroxyl groups is 1. The fourth-order valence-corrected chi connectivity index (χ4v) is 5.04. The zero-order valence-electron chi connectivity index (χ0n) is 16.5. The molecule has 4 rings (SSSR count). The molecule has 31 heavy (non-hydrogen) atoms. The Morgan fingerprint density at radius 2 is 1.48 bits per heavy atom. The largest absolute Gasteiger partial charge is 0.389 e. The van der Waals surface area contributed by atoms with Crippen molar-refractivity contribution in [2.75, 3.05) is 17.1 Å². The Morgan fingerprint density at radius 3 is 1.97 bits per heavy atom. The summed E-state index contributed by atoms with van der Waals surface area (Å²) in [5.41, 5.74) is 1.96. The van der Waals surface area contributed by atoms with E-state index in [1.54, 1.807) is 12.1 Å². The molecule has 1 aromatic heterocycles. The van der Waals surface area contributed by atoms with E-state index in [9.17, 15) is 17.9 Å². The summed E-state index contributed by atoms with van der Waals surface area (Å²) in [6.07, 6.45) is 0.0120. The first kappa shape index (κ1) is 21.9. The third-order valence-electron chi connectivity index (χ3n) is 5.07. The van der Waals surface area contributed by atoms with Gasteiger partial charge in [-0.05, 0) is 60.7 Å². The second kappa shape index (κ2) is 8.31. The molecule has 4 aromatic rings. The van der Waals surface area contributed by atoms with Crippen molar-refractivity contribution in [3.05, 3.63) is 76.5 Å². The molecule has 3 aromatic carbocycles. The Morgan fingerprint density at radius 1 is 0.968 bits per heavy atom. The molecular weight excluding hydrogens is 462 g/mol. The van der Waals surface area contributed by atoms with Gasteiger partial charge in [0.1, 0.15) is 5.82 Å². The van der Waals surface area contributed by atoms with E-state index in [1.165, 1.54) is 24.3 Å². The summed E-state index contributed by atoms with van der Waals surface area (Å²) in [7, 11) is -3.69. The summed E-state index contributed by atoms with van der Waals surface area (Å²) < 4.78 is 40.9. The van der Waals surface area contributed by atoms with Crippen LogP contribution in [0.4, 0.5) is 10.1 Å². The first-order valence-corrected chi connectivity index (χ1v) is 12.0. The van der Waals surface area contributed by atoms with Crippen molar-refractivity contribution in [1.82, 2.24) is 4.57 Å². The lowest BCUT2D eigenvalue weighted by molar-refractivity contribution is 0.166. The molecule has 0 aliphatic heterocycles. The maximum atomic E-state index is 13.3. The van der Waals surface area contributed by atoms with E-state index in [1.807, 2.05) is 28.8 Å². The number of rotatable bonds is 6. The normalized spacial score (nSPS) is 13.1. The van der Waals surface area contributed by atoms with Gasteiger partial charge in [-0.15, -0.1) is 0 Å². The average Bonchev–Trinajstić information content (AvgIpc) is 2.98. The lowest BCUT2D eigenvalue weighted by atomic mass is 10.1. The van der Waals surface area contributed by atoms with Gasteiger partial charge in [-0.3, -0.25) is 4.31 Å². The minimum atomic E-state index is -3.69. The zero-order chi connectivity index (χ0) is 22.3. The number of benzene rings is 3. The van der Waals surface area contributed by atoms with E-state index in [-0.39, 0.29) is 18.8 Å². The molecule has 1 heterocycles. The topological polar surface area (TPSA) is 62.5 Å². The molecule has 0 bridgehead atoms. The number of halogens is 3. The SMILES string of the molecule is CS(=O)(=O)N(C[C@H](O)Cn1c2ccc(Cl)cc2c2cc(Cl)ccc21)c1ccc(F)cc1. The highest BCUT2D eigenvalue weighted by Gasteiger charge is 2.23. The number of sulfonamides is 1. The number of hydrogen-bond donors (Lipinski definition) is 1. The van der Waals surface area contributed by atoms with Crippen molar-refractivity contribution in [1.29, 1.82) is 0 Å². The van der Waals surface area contributed by atoms with E-state index in [4.69, 9.17) is 23.2 Å². The molecule has 9 heteroatoms. The van der Waals surface area contributed by atoms with Crippen LogP contribution in [0, 0.1) is 5.82 Å². The Kier molecular flexibility index (Phi) is 5.87. The highest BCUT2D eigenvalue weighted by atomic mass is 35.5. The summed E-state index contributed by atoms with van der Waals surface area (Å²) >= 11 is 12.4. The monoisotopic (exact) mass is 480 g/mol. The fraction of sp³-hybridized carbons (Fsp3) is 0.182. The van der Waals surface area contributed by atoms with Crippen LogP contribution in [-0.4, -0.2) is 37.0 Å². The van der Waals surface area contributed by atoms with Crippen molar-refractivity contribution in [3.63, 3.8) is 0 Å². The molecule has 0 saturated carbocycles. The summed E-state index contributed by atoms with van der Waals surface area (Å²) in [4.78, 5) is 0. The molecule has 1 N–H and O–H groups in total. The quantitative estimate of drug-likeness (QED) is 0.419. The first-order chi connectivity index (χ1) is 14.6. The third-order valence-corrected chi connectivity index (χ3v) is 6.70. The lowest BCUT2D eigenvalue weighted by Crippen LogP contribution is -2.38. The van der Waals surface area contributed by atoms with E-state index in [0.717, 1.165) is 32.4 Å². The second-order valence-corrected chi connectivity index (χ2v) is 10.1. The van der Waals surface area contributed by atoms with Crippen LogP contribution in [0.1, 0.15) is 0 Å². The van der Waals surface area contributed by atoms with Crippen LogP contribution in [0.5, 0.6) is 0 Å². The van der Waals surface area contributed by atoms with Gasteiger partial charge in [0.05, 0.1) is 31.1 Å². The van der Waals surface area contributed by atoms with Gasteiger partial charge < -0.3 is 9.67 Å². The van der Waals surface area contributed by atoms with Crippen LogP contribution >= 0.6 is 23.2 Å². The van der Waals surface area contributed by atoms with Crippen molar-refractivity contribution >= 4 is 60.7 Å². The smallest absolute Gasteiger partial charge is 0.232 e. The summed E-state index contributed by atoms with van der Waals surface area (Å²) in [6.45, 7) is -0.0523. The predicted molar refractivity (Wildman–Crippen MR) is 124 cm³/mol. The van der Waals surface area contributed by atoms with Gasteiger partial charge in [-0.25, -0.2) is 12.8 Å². The van der Waals surface area contributed by atoms with Gasteiger partial charge in [-0.2, -0.15) is 0 Å². The van der Waals surface area contributed by atoms with Crippen molar-refractivity contribution in [2.24, 2.45) is 0 Å². The molecule has 0 unspecified atom stereocenters. The van der Waals surface area contributed by atoms with E-state index in [2.05, 4.69) is 0 Å². The number of hydrogen-bond acceptors (Lipinski definition) is 3. The van der Waals surface area contributed by atoms with Crippen LogP contribution in [0.25, 0.3) is 21.8 Å². The van der Waals surface area contributed by atoms with Crippen LogP contribution in [0.15, 0.2) is 60.7 Å². The van der Waals surface area contributed by atoms with Gasteiger partial charge in [0.2, 0.25) is 10.0 Å². The molecular formula is C22H19Cl2FN2O3S. The molecule has 162 valence electrons. The van der Waals surface area contributed by atoms with Crippen LogP contribution < -0.4 is 4.31 Å². The summed E-state index contributed by atoms with van der Waals surface area (Å²) in [5.74, 6) is -0.472. The third kappa shape index (κ3) is 4.50. The van der Waals surface area contributed by atoms with Gasteiger partial charge in [0.15, 0.2) is 0 Å². The number of fused-ring (bicyclic) bond motifs is 3. The number of aliphatic hydroxyl groups excluding tert-OH is 1. The van der Waals surface area contributed by atoms with Crippen LogP contribution in [0.2, 0.25) is 10.0 Å². The molecule has 0 radical (unpaired) electrons. The molecule has 5 nitrogen and oxygen atoms in total. The van der Waals surface area contributed by atoms with Crippen molar-refractivity contribution in [3.8, 4) is 0 Å². The molecule has 0 saturated heterocycles. The van der Waals surface area contributed by atoms with E-state index in [0.29, 0.717) is 10.0 Å². The van der Waals surface area contributed by atoms with Crippen molar-refractivity contribution in [2.45, 2.75) is 12.6 Å². The molecule has 0 aliphatic rings. The molecule has 0 spiro atoms. The minimum absolute atomic E-state index is 0.135. The van der Waals surface area contributed by atoms with Gasteiger partial charge in [-0.1, -0.05) is 23.2 Å². The highest BCUT2D eigenvalue weighted by molar-refractivity contribution is 7.92. The minimum Gasteiger partial charge on any atom is -0.389 e. The zero-order valence-corrected chi connectivity index (χ0v) is 18.8. The van der Waals surface area contributed by atoms with Crippen molar-refractivity contribution < 1.29 is 17.9 Å². The van der Waals surface area contributed by atoms with Gasteiger partial charge >= 0.3 is 0 Å². The Labute approximate surface area is 189 Å². The first-order valence-electron chi connectivity index (χ1n) is 9.42. The lowest BCUT2D eigenvalue weighted by Gasteiger charge is -2.25. The summed E-state index contributed by atoms with van der Waals surface area (Å²) in [5, 5.41) is 13.8. The fourth-order valence-electron chi connectivity index (χ4n) is 3.74. The van der Waals surface area contributed by atoms with E-state index >= 15 is 0 Å².